The minimum absolute atomic E-state index is 0.165. The summed E-state index contributed by atoms with van der Waals surface area (Å²) in [5.41, 5.74) is 0.574. The predicted molar refractivity (Wildman–Crippen MR) is 111 cm³/mol. The summed E-state index contributed by atoms with van der Waals surface area (Å²) in [5.74, 6) is 0.776. The van der Waals surface area contributed by atoms with E-state index in [2.05, 4.69) is 24.1 Å². The van der Waals surface area contributed by atoms with Crippen LogP contribution < -0.4 is 5.32 Å². The Balaban J connectivity index is 1.61. The molecule has 1 aromatic heterocycles. The SMILES string of the molecule is C[C@@H]1C[C@@H](C)CN(S(=O)(=O)c2ccc(NC(=O)CSc3nccn3C)cc2)C1. The largest absolute Gasteiger partial charge is 0.329 e. The molecule has 1 aromatic carbocycles. The summed E-state index contributed by atoms with van der Waals surface area (Å²) in [6.07, 6.45) is 4.56. The first-order valence-electron chi connectivity index (χ1n) is 9.26. The Kier molecular flexibility index (Phi) is 6.47. The lowest BCUT2D eigenvalue weighted by Crippen LogP contribution is -2.42. The van der Waals surface area contributed by atoms with Crippen molar-refractivity contribution < 1.29 is 13.2 Å². The van der Waals surface area contributed by atoms with Gasteiger partial charge in [-0.2, -0.15) is 4.31 Å². The fourth-order valence-electron chi connectivity index (χ4n) is 3.48. The molecule has 1 amide bonds. The highest BCUT2D eigenvalue weighted by Crippen LogP contribution is 2.27. The summed E-state index contributed by atoms with van der Waals surface area (Å²) in [7, 11) is -1.64. The van der Waals surface area contributed by atoms with Crippen molar-refractivity contribution in [2.24, 2.45) is 18.9 Å². The summed E-state index contributed by atoms with van der Waals surface area (Å²) in [6, 6.07) is 6.38. The highest BCUT2D eigenvalue weighted by Gasteiger charge is 2.31. The second kappa shape index (κ2) is 8.67. The van der Waals surface area contributed by atoms with Gasteiger partial charge in [0, 0.05) is 38.2 Å². The van der Waals surface area contributed by atoms with Crippen LogP contribution in [0.2, 0.25) is 0 Å². The third-order valence-corrected chi connectivity index (χ3v) is 7.62. The van der Waals surface area contributed by atoms with Crippen molar-refractivity contribution in [2.75, 3.05) is 24.2 Å². The number of carbonyl (C=O) groups excluding carboxylic acids is 1. The number of benzene rings is 1. The van der Waals surface area contributed by atoms with Crippen molar-refractivity contribution in [1.82, 2.24) is 13.9 Å². The number of sulfonamides is 1. The van der Waals surface area contributed by atoms with E-state index in [0.29, 0.717) is 30.6 Å². The van der Waals surface area contributed by atoms with E-state index < -0.39 is 10.0 Å². The van der Waals surface area contributed by atoms with Crippen molar-refractivity contribution in [3.8, 4) is 0 Å². The number of hydrogen-bond acceptors (Lipinski definition) is 5. The molecular formula is C19H26N4O3S2. The van der Waals surface area contributed by atoms with Gasteiger partial charge < -0.3 is 9.88 Å². The number of piperidine rings is 1. The highest BCUT2D eigenvalue weighted by molar-refractivity contribution is 7.99. The van der Waals surface area contributed by atoms with E-state index in [-0.39, 0.29) is 16.6 Å². The van der Waals surface area contributed by atoms with Gasteiger partial charge in [0.15, 0.2) is 5.16 Å². The molecular weight excluding hydrogens is 396 g/mol. The molecule has 3 rings (SSSR count). The Bertz CT molecular complexity index is 915. The number of nitrogens with zero attached hydrogens (tertiary/aromatic N) is 3. The minimum Gasteiger partial charge on any atom is -0.329 e. The van der Waals surface area contributed by atoms with Crippen molar-refractivity contribution in [1.29, 1.82) is 0 Å². The molecule has 1 aliphatic heterocycles. The molecule has 7 nitrogen and oxygen atoms in total. The normalized spacial score (nSPS) is 20.8. The number of nitrogens with one attached hydrogen (secondary N) is 1. The van der Waals surface area contributed by atoms with Crippen LogP contribution in [-0.2, 0) is 21.9 Å². The van der Waals surface area contributed by atoms with Crippen LogP contribution in [0.25, 0.3) is 0 Å². The molecule has 2 heterocycles. The zero-order valence-corrected chi connectivity index (χ0v) is 18.0. The predicted octanol–water partition coefficient (Wildman–Crippen LogP) is 2.82. The van der Waals surface area contributed by atoms with Gasteiger partial charge in [0.2, 0.25) is 15.9 Å². The van der Waals surface area contributed by atoms with Crippen LogP contribution in [0.15, 0.2) is 46.7 Å². The smallest absolute Gasteiger partial charge is 0.243 e. The Morgan fingerprint density at radius 2 is 1.86 bits per heavy atom. The third kappa shape index (κ3) is 4.95. The molecule has 2 atom stereocenters. The number of thioether (sulfide) groups is 1. The van der Waals surface area contributed by atoms with Gasteiger partial charge in [-0.1, -0.05) is 25.6 Å². The number of amides is 1. The summed E-state index contributed by atoms with van der Waals surface area (Å²) in [4.78, 5) is 16.5. The third-order valence-electron chi connectivity index (χ3n) is 4.72. The molecule has 0 bridgehead atoms. The van der Waals surface area contributed by atoms with E-state index >= 15 is 0 Å². The van der Waals surface area contributed by atoms with Crippen LogP contribution in [0, 0.1) is 11.8 Å². The fraction of sp³-hybridized carbons (Fsp3) is 0.474. The summed E-state index contributed by atoms with van der Waals surface area (Å²) >= 11 is 1.34. The lowest BCUT2D eigenvalue weighted by molar-refractivity contribution is -0.113. The molecule has 0 aliphatic carbocycles. The Morgan fingerprint density at radius 1 is 1.21 bits per heavy atom. The van der Waals surface area contributed by atoms with Gasteiger partial charge in [-0.15, -0.1) is 0 Å². The Labute approximate surface area is 170 Å². The van der Waals surface area contributed by atoms with Gasteiger partial charge in [-0.05, 0) is 42.5 Å². The number of imidazole rings is 1. The summed E-state index contributed by atoms with van der Waals surface area (Å²) in [6.45, 7) is 5.27. The Hall–Kier alpha value is -1.84. The van der Waals surface area contributed by atoms with Crippen molar-refractivity contribution in [3.63, 3.8) is 0 Å². The van der Waals surface area contributed by atoms with Gasteiger partial charge in [-0.25, -0.2) is 13.4 Å². The number of rotatable bonds is 6. The highest BCUT2D eigenvalue weighted by atomic mass is 32.2. The quantitative estimate of drug-likeness (QED) is 0.724. The number of hydrogen-bond donors (Lipinski definition) is 1. The average Bonchev–Trinajstić information content (AvgIpc) is 3.04. The molecule has 1 saturated heterocycles. The monoisotopic (exact) mass is 422 g/mol. The first-order chi connectivity index (χ1) is 13.3. The molecule has 0 spiro atoms. The molecule has 1 N–H and O–H groups in total. The second-order valence-corrected chi connectivity index (χ2v) is 10.3. The second-order valence-electron chi connectivity index (χ2n) is 7.45. The zero-order chi connectivity index (χ0) is 20.3. The molecule has 9 heteroatoms. The van der Waals surface area contributed by atoms with Gasteiger partial charge in [0.25, 0.3) is 0 Å². The molecule has 0 unspecified atom stereocenters. The maximum absolute atomic E-state index is 12.9. The lowest BCUT2D eigenvalue weighted by atomic mass is 9.94. The first-order valence-corrected chi connectivity index (χ1v) is 11.7. The van der Waals surface area contributed by atoms with Crippen LogP contribution in [0.5, 0.6) is 0 Å². The van der Waals surface area contributed by atoms with Gasteiger partial charge >= 0.3 is 0 Å². The molecule has 1 fully saturated rings. The maximum atomic E-state index is 12.9. The topological polar surface area (TPSA) is 84.3 Å². The van der Waals surface area contributed by atoms with E-state index in [0.717, 1.165) is 11.6 Å². The molecule has 28 heavy (non-hydrogen) atoms. The van der Waals surface area contributed by atoms with Crippen molar-refractivity contribution in [3.05, 3.63) is 36.7 Å². The van der Waals surface area contributed by atoms with Crippen LogP contribution in [-0.4, -0.2) is 47.0 Å². The van der Waals surface area contributed by atoms with Crippen LogP contribution in [0.4, 0.5) is 5.69 Å². The summed E-state index contributed by atoms with van der Waals surface area (Å²) in [5, 5.41) is 3.56. The standard InChI is InChI=1S/C19H26N4O3S2/c1-14-10-15(2)12-23(11-14)28(25,26)17-6-4-16(5-7-17)21-18(24)13-27-19-20-8-9-22(19)3/h4-9,14-15H,10-13H2,1-3H3,(H,21,24)/t14-,15-/m1/s1. The summed E-state index contributed by atoms with van der Waals surface area (Å²) < 4.78 is 29.2. The fourth-order valence-corrected chi connectivity index (χ4v) is 5.89. The first kappa shape index (κ1) is 20.9. The minimum atomic E-state index is -3.51. The van der Waals surface area contributed by atoms with E-state index in [1.54, 1.807) is 34.8 Å². The maximum Gasteiger partial charge on any atom is 0.243 e. The van der Waals surface area contributed by atoms with E-state index in [1.165, 1.54) is 11.8 Å². The Morgan fingerprint density at radius 3 is 2.43 bits per heavy atom. The van der Waals surface area contributed by atoms with Crippen molar-refractivity contribution >= 4 is 33.4 Å². The van der Waals surface area contributed by atoms with Crippen LogP contribution in [0.3, 0.4) is 0 Å². The van der Waals surface area contributed by atoms with E-state index in [1.807, 2.05) is 17.8 Å². The molecule has 0 radical (unpaired) electrons. The number of anilines is 1. The van der Waals surface area contributed by atoms with E-state index in [4.69, 9.17) is 0 Å². The average molecular weight is 423 g/mol. The molecule has 1 aliphatic rings. The molecule has 0 saturated carbocycles. The van der Waals surface area contributed by atoms with Crippen LogP contribution in [0.1, 0.15) is 20.3 Å². The lowest BCUT2D eigenvalue weighted by Gasteiger charge is -2.34. The molecule has 152 valence electrons. The number of aromatic nitrogens is 2. The molecule has 2 aromatic rings. The number of carbonyl (C=O) groups is 1. The van der Waals surface area contributed by atoms with Crippen LogP contribution >= 0.6 is 11.8 Å². The number of aryl methyl sites for hydroxylation is 1. The zero-order valence-electron chi connectivity index (χ0n) is 16.3. The van der Waals surface area contributed by atoms with Gasteiger partial charge in [0.1, 0.15) is 0 Å². The van der Waals surface area contributed by atoms with Crippen molar-refractivity contribution in [2.45, 2.75) is 30.3 Å². The van der Waals surface area contributed by atoms with Gasteiger partial charge in [-0.3, -0.25) is 4.79 Å². The van der Waals surface area contributed by atoms with Gasteiger partial charge in [0.05, 0.1) is 10.6 Å². The van der Waals surface area contributed by atoms with E-state index in [9.17, 15) is 13.2 Å².